The minimum atomic E-state index is -3.76. The second-order valence-corrected chi connectivity index (χ2v) is 12.2. The predicted molar refractivity (Wildman–Crippen MR) is 137 cm³/mol. The maximum absolute atomic E-state index is 13.2. The smallest absolute Gasteiger partial charge is 0.264 e. The van der Waals surface area contributed by atoms with Gasteiger partial charge in [0, 0.05) is 24.7 Å². The summed E-state index contributed by atoms with van der Waals surface area (Å²) in [6.07, 6.45) is 6.98. The Hall–Kier alpha value is -2.87. The number of anilines is 2. The van der Waals surface area contributed by atoms with Gasteiger partial charge in [0.2, 0.25) is 6.41 Å². The first-order valence-electron chi connectivity index (χ1n) is 11.9. The maximum Gasteiger partial charge on any atom is 0.264 e. The summed E-state index contributed by atoms with van der Waals surface area (Å²) in [4.78, 5) is 15.7. The number of aromatic nitrogens is 2. The van der Waals surface area contributed by atoms with Gasteiger partial charge in [-0.2, -0.15) is 0 Å². The molecule has 0 radical (unpaired) electrons. The van der Waals surface area contributed by atoms with Gasteiger partial charge in [0.1, 0.15) is 5.82 Å². The first-order chi connectivity index (χ1) is 16.1. The molecule has 182 valence electrons. The highest BCUT2D eigenvalue weighted by molar-refractivity contribution is 7.92. The fraction of sp³-hybridized carbons (Fsp3) is 0.462. The zero-order chi connectivity index (χ0) is 24.5. The molecule has 1 heterocycles. The minimum absolute atomic E-state index is 0.122. The number of hydrogen-bond acceptors (Lipinski definition) is 4. The summed E-state index contributed by atoms with van der Waals surface area (Å²) in [6.45, 7) is 7.47. The van der Waals surface area contributed by atoms with Crippen molar-refractivity contribution in [1.29, 1.82) is 0 Å². The summed E-state index contributed by atoms with van der Waals surface area (Å²) < 4.78 is 30.1. The van der Waals surface area contributed by atoms with Crippen LogP contribution in [0.2, 0.25) is 0 Å². The lowest BCUT2D eigenvalue weighted by atomic mass is 9.88. The topological polar surface area (TPSA) is 84.3 Å². The van der Waals surface area contributed by atoms with Crippen molar-refractivity contribution >= 4 is 38.8 Å². The number of fused-ring (bicyclic) bond motifs is 1. The number of nitrogens with one attached hydrogen (secondary N) is 1. The highest BCUT2D eigenvalue weighted by atomic mass is 32.2. The number of sulfonamides is 1. The van der Waals surface area contributed by atoms with Gasteiger partial charge in [-0.25, -0.2) is 13.4 Å². The standard InChI is InChI=1S/C26H34N4O3S/c1-26(2,3)25-28-23-16-21(12-15-24(23)30(25)17-19-8-6-5-7-9-19)29(4)34(32,33)22-13-10-20(11-14-22)27-18-31/h10-16,18-19H,5-9,17H2,1-4H3,(H,27,31). The number of imidazole rings is 1. The van der Waals surface area contributed by atoms with E-state index in [0.29, 0.717) is 23.7 Å². The Balaban J connectivity index is 1.69. The first kappa shape index (κ1) is 24.3. The molecule has 4 rings (SSSR count). The summed E-state index contributed by atoms with van der Waals surface area (Å²) in [7, 11) is -2.21. The van der Waals surface area contributed by atoms with Crippen LogP contribution in [-0.4, -0.2) is 31.4 Å². The molecule has 0 saturated heterocycles. The van der Waals surface area contributed by atoms with Gasteiger partial charge in [0.15, 0.2) is 0 Å². The van der Waals surface area contributed by atoms with Crippen LogP contribution in [-0.2, 0) is 26.8 Å². The van der Waals surface area contributed by atoms with Crippen LogP contribution < -0.4 is 9.62 Å². The van der Waals surface area contributed by atoms with Gasteiger partial charge in [-0.15, -0.1) is 0 Å². The highest BCUT2D eigenvalue weighted by Gasteiger charge is 2.27. The zero-order valence-corrected chi connectivity index (χ0v) is 21.2. The average molecular weight is 483 g/mol. The molecule has 2 aromatic carbocycles. The Morgan fingerprint density at radius 2 is 1.76 bits per heavy atom. The van der Waals surface area contributed by atoms with Crippen LogP contribution >= 0.6 is 0 Å². The van der Waals surface area contributed by atoms with Gasteiger partial charge in [-0.05, 0) is 61.2 Å². The van der Waals surface area contributed by atoms with E-state index in [1.807, 2.05) is 18.2 Å². The van der Waals surface area contributed by atoms with Crippen LogP contribution in [0.1, 0.15) is 58.7 Å². The molecule has 0 aliphatic heterocycles. The molecule has 1 aliphatic rings. The summed E-state index contributed by atoms with van der Waals surface area (Å²) in [5.41, 5.74) is 2.84. The quantitative estimate of drug-likeness (QED) is 0.463. The molecule has 3 aromatic rings. The predicted octanol–water partition coefficient (Wildman–Crippen LogP) is 5.31. The Kier molecular flexibility index (Phi) is 6.71. The molecule has 1 aliphatic carbocycles. The Labute approximate surface area is 202 Å². The Morgan fingerprint density at radius 1 is 1.09 bits per heavy atom. The molecule has 7 nitrogen and oxygen atoms in total. The molecule has 0 spiro atoms. The third-order valence-corrected chi connectivity index (χ3v) is 8.47. The molecule has 8 heteroatoms. The summed E-state index contributed by atoms with van der Waals surface area (Å²) in [6, 6.07) is 11.8. The molecule has 1 amide bonds. The summed E-state index contributed by atoms with van der Waals surface area (Å²) >= 11 is 0. The maximum atomic E-state index is 13.2. The van der Waals surface area contributed by atoms with Crippen LogP contribution in [0.5, 0.6) is 0 Å². The fourth-order valence-corrected chi connectivity index (χ4v) is 5.97. The Bertz CT molecular complexity index is 1270. The second-order valence-electron chi connectivity index (χ2n) is 10.2. The molecule has 1 fully saturated rings. The molecular formula is C26H34N4O3S. The van der Waals surface area contributed by atoms with E-state index >= 15 is 0 Å². The lowest BCUT2D eigenvalue weighted by Gasteiger charge is -2.26. The third kappa shape index (κ3) is 4.82. The molecule has 1 aromatic heterocycles. The van der Waals surface area contributed by atoms with Crippen molar-refractivity contribution in [3.05, 3.63) is 48.3 Å². The highest BCUT2D eigenvalue weighted by Crippen LogP contribution is 2.33. The number of rotatable bonds is 7. The second kappa shape index (κ2) is 9.41. The molecule has 0 bridgehead atoms. The number of benzene rings is 2. The average Bonchev–Trinajstić information content (AvgIpc) is 3.18. The van der Waals surface area contributed by atoms with E-state index < -0.39 is 10.0 Å². The van der Waals surface area contributed by atoms with Crippen molar-refractivity contribution in [1.82, 2.24) is 9.55 Å². The number of nitrogens with zero attached hydrogens (tertiary/aromatic N) is 3. The van der Waals surface area contributed by atoms with Gasteiger partial charge in [0.25, 0.3) is 10.0 Å². The molecule has 1 N–H and O–H groups in total. The third-order valence-electron chi connectivity index (χ3n) is 6.67. The monoisotopic (exact) mass is 482 g/mol. The SMILES string of the molecule is CN(c1ccc2c(c1)nc(C(C)(C)C)n2CC1CCCCC1)S(=O)(=O)c1ccc(NC=O)cc1. The van der Waals surface area contributed by atoms with Crippen LogP contribution in [0.25, 0.3) is 11.0 Å². The molecule has 34 heavy (non-hydrogen) atoms. The van der Waals surface area contributed by atoms with E-state index in [9.17, 15) is 13.2 Å². The summed E-state index contributed by atoms with van der Waals surface area (Å²) in [5, 5.41) is 2.52. The fourth-order valence-electron chi connectivity index (χ4n) is 4.79. The van der Waals surface area contributed by atoms with Gasteiger partial charge in [0.05, 0.1) is 21.6 Å². The Morgan fingerprint density at radius 3 is 2.38 bits per heavy atom. The van der Waals surface area contributed by atoms with E-state index in [4.69, 9.17) is 4.98 Å². The van der Waals surface area contributed by atoms with Gasteiger partial charge >= 0.3 is 0 Å². The molecule has 0 unspecified atom stereocenters. The lowest BCUT2D eigenvalue weighted by Crippen LogP contribution is -2.26. The van der Waals surface area contributed by atoms with Crippen molar-refractivity contribution in [3.8, 4) is 0 Å². The van der Waals surface area contributed by atoms with Crippen LogP contribution in [0.15, 0.2) is 47.4 Å². The zero-order valence-electron chi connectivity index (χ0n) is 20.4. The largest absolute Gasteiger partial charge is 0.329 e. The van der Waals surface area contributed by atoms with Gasteiger partial charge < -0.3 is 9.88 Å². The number of hydrogen-bond donors (Lipinski definition) is 1. The normalized spacial score (nSPS) is 15.4. The number of amides is 1. The van der Waals surface area contributed by atoms with E-state index in [1.54, 1.807) is 19.2 Å². The lowest BCUT2D eigenvalue weighted by molar-refractivity contribution is -0.105. The number of carbonyl (C=O) groups is 1. The summed E-state index contributed by atoms with van der Waals surface area (Å²) in [5.74, 6) is 1.70. The van der Waals surface area contributed by atoms with Crippen molar-refractivity contribution in [2.45, 2.75) is 69.7 Å². The van der Waals surface area contributed by atoms with Gasteiger partial charge in [-0.3, -0.25) is 9.10 Å². The van der Waals surface area contributed by atoms with Crippen molar-refractivity contribution < 1.29 is 13.2 Å². The van der Waals surface area contributed by atoms with Crippen molar-refractivity contribution in [3.63, 3.8) is 0 Å². The minimum Gasteiger partial charge on any atom is -0.329 e. The van der Waals surface area contributed by atoms with E-state index in [2.05, 4.69) is 30.7 Å². The van der Waals surface area contributed by atoms with Crippen molar-refractivity contribution in [2.75, 3.05) is 16.7 Å². The van der Waals surface area contributed by atoms with E-state index in [-0.39, 0.29) is 10.3 Å². The van der Waals surface area contributed by atoms with Gasteiger partial charge in [-0.1, -0.05) is 40.0 Å². The van der Waals surface area contributed by atoms with Crippen LogP contribution in [0, 0.1) is 5.92 Å². The first-order valence-corrected chi connectivity index (χ1v) is 13.4. The molecule has 0 atom stereocenters. The number of carbonyl (C=O) groups excluding carboxylic acids is 1. The van der Waals surface area contributed by atoms with Crippen molar-refractivity contribution in [2.24, 2.45) is 5.92 Å². The van der Waals surface area contributed by atoms with E-state index in [0.717, 1.165) is 23.4 Å². The van der Waals surface area contributed by atoms with E-state index in [1.165, 1.54) is 48.5 Å². The van der Waals surface area contributed by atoms with Crippen LogP contribution in [0.3, 0.4) is 0 Å². The molecule has 1 saturated carbocycles. The molecular weight excluding hydrogens is 448 g/mol. The van der Waals surface area contributed by atoms with Crippen LogP contribution in [0.4, 0.5) is 11.4 Å².